The van der Waals surface area contributed by atoms with Crippen LogP contribution in [0.1, 0.15) is 22.6 Å². The first-order valence-electron chi connectivity index (χ1n) is 10.4. The summed E-state index contributed by atoms with van der Waals surface area (Å²) in [6.07, 6.45) is 0.569. The molecule has 0 saturated heterocycles. The average Bonchev–Trinajstić information content (AvgIpc) is 3.17. The minimum absolute atomic E-state index is 0.161. The molecule has 0 unspecified atom stereocenters. The molecule has 0 atom stereocenters. The molecule has 0 radical (unpaired) electrons. The van der Waals surface area contributed by atoms with E-state index in [1.807, 2.05) is 44.2 Å². The van der Waals surface area contributed by atoms with Crippen LogP contribution in [-0.2, 0) is 11.2 Å². The molecular formula is C25H21Cl2N3O3S. The maximum Gasteiger partial charge on any atom is 0.264 e. The number of anilines is 1. The summed E-state index contributed by atoms with van der Waals surface area (Å²) in [6, 6.07) is 16.5. The van der Waals surface area contributed by atoms with Crippen LogP contribution in [0.2, 0.25) is 10.0 Å². The van der Waals surface area contributed by atoms with E-state index in [0.29, 0.717) is 28.1 Å². The fourth-order valence-corrected chi connectivity index (χ4v) is 4.13. The zero-order valence-corrected chi connectivity index (χ0v) is 20.8. The Morgan fingerprint density at radius 1 is 1.09 bits per heavy atom. The SMILES string of the molecule is Cc1cc(C)c2oc(Cc3ccc(NC(=S)NC(=O)COc4ccc(Cl)cc4Cl)cc3)nc2c1. The van der Waals surface area contributed by atoms with Crippen molar-refractivity contribution >= 4 is 63.2 Å². The lowest BCUT2D eigenvalue weighted by Gasteiger charge is -2.11. The van der Waals surface area contributed by atoms with Crippen LogP contribution in [0.4, 0.5) is 5.69 Å². The fraction of sp³-hybridized carbons (Fsp3) is 0.160. The molecule has 174 valence electrons. The largest absolute Gasteiger partial charge is 0.482 e. The summed E-state index contributed by atoms with van der Waals surface area (Å²) in [5.74, 6) is 0.606. The number of oxazole rings is 1. The Kier molecular flexibility index (Phi) is 7.36. The molecular weight excluding hydrogens is 493 g/mol. The molecule has 1 heterocycles. The standard InChI is InChI=1S/C25H21Cl2N3O3S/c1-14-9-15(2)24-20(10-14)29-23(33-24)11-16-3-6-18(7-4-16)28-25(34)30-22(31)13-32-21-8-5-17(26)12-19(21)27/h3-10,12H,11,13H2,1-2H3,(H2,28,30,31,34). The number of amides is 1. The van der Waals surface area contributed by atoms with Crippen LogP contribution >= 0.6 is 35.4 Å². The number of nitrogens with one attached hydrogen (secondary N) is 2. The predicted octanol–water partition coefficient (Wildman–Crippen LogP) is 6.23. The highest BCUT2D eigenvalue weighted by atomic mass is 35.5. The van der Waals surface area contributed by atoms with Gasteiger partial charge in [-0.15, -0.1) is 0 Å². The van der Waals surface area contributed by atoms with Gasteiger partial charge in [-0.1, -0.05) is 41.4 Å². The van der Waals surface area contributed by atoms with Gasteiger partial charge >= 0.3 is 0 Å². The van der Waals surface area contributed by atoms with Crippen LogP contribution in [-0.4, -0.2) is 22.6 Å². The Hall–Kier alpha value is -3.13. The van der Waals surface area contributed by atoms with Gasteiger partial charge in [-0.25, -0.2) is 4.98 Å². The summed E-state index contributed by atoms with van der Waals surface area (Å²) in [6.45, 7) is 3.82. The molecule has 3 aromatic carbocycles. The number of ether oxygens (including phenoxy) is 1. The summed E-state index contributed by atoms with van der Waals surface area (Å²) >= 11 is 17.1. The van der Waals surface area contributed by atoms with E-state index in [-0.39, 0.29) is 11.7 Å². The molecule has 0 bridgehead atoms. The summed E-state index contributed by atoms with van der Waals surface area (Å²) in [7, 11) is 0. The van der Waals surface area contributed by atoms with Crippen molar-refractivity contribution in [2.45, 2.75) is 20.3 Å². The molecule has 0 aliphatic heterocycles. The number of hydrogen-bond acceptors (Lipinski definition) is 5. The Morgan fingerprint density at radius 3 is 2.59 bits per heavy atom. The van der Waals surface area contributed by atoms with Gasteiger partial charge in [-0.3, -0.25) is 10.1 Å². The van der Waals surface area contributed by atoms with E-state index < -0.39 is 5.91 Å². The van der Waals surface area contributed by atoms with Crippen LogP contribution in [0.25, 0.3) is 11.1 Å². The zero-order chi connectivity index (χ0) is 24.2. The second-order valence-corrected chi connectivity index (χ2v) is 9.03. The molecule has 1 aromatic heterocycles. The van der Waals surface area contributed by atoms with Crippen molar-refractivity contribution in [1.29, 1.82) is 0 Å². The first kappa shape index (κ1) is 24.0. The van der Waals surface area contributed by atoms with Gasteiger partial charge in [0.15, 0.2) is 23.2 Å². The Bertz CT molecular complexity index is 1370. The minimum Gasteiger partial charge on any atom is -0.482 e. The average molecular weight is 514 g/mol. The van der Waals surface area contributed by atoms with Crippen molar-refractivity contribution in [3.63, 3.8) is 0 Å². The molecule has 9 heteroatoms. The number of nitrogens with zero attached hydrogens (tertiary/aromatic N) is 1. The Labute approximate surface area is 212 Å². The molecule has 0 aliphatic rings. The van der Waals surface area contributed by atoms with Gasteiger partial charge in [-0.05, 0) is 79.2 Å². The van der Waals surface area contributed by atoms with E-state index in [1.165, 1.54) is 0 Å². The van der Waals surface area contributed by atoms with Gasteiger partial charge in [0.2, 0.25) is 0 Å². The maximum atomic E-state index is 12.1. The lowest BCUT2D eigenvalue weighted by molar-refractivity contribution is -0.121. The smallest absolute Gasteiger partial charge is 0.264 e. The number of fused-ring (bicyclic) bond motifs is 1. The van der Waals surface area contributed by atoms with Crippen molar-refractivity contribution in [2.75, 3.05) is 11.9 Å². The van der Waals surface area contributed by atoms with Crippen LogP contribution in [0.3, 0.4) is 0 Å². The van der Waals surface area contributed by atoms with Gasteiger partial charge in [-0.2, -0.15) is 0 Å². The summed E-state index contributed by atoms with van der Waals surface area (Å²) in [5.41, 5.74) is 5.69. The van der Waals surface area contributed by atoms with E-state index in [9.17, 15) is 4.79 Å². The Balaban J connectivity index is 1.29. The van der Waals surface area contributed by atoms with Gasteiger partial charge in [0, 0.05) is 17.1 Å². The van der Waals surface area contributed by atoms with Gasteiger partial charge < -0.3 is 14.5 Å². The van der Waals surface area contributed by atoms with Crippen LogP contribution < -0.4 is 15.4 Å². The lowest BCUT2D eigenvalue weighted by atomic mass is 10.1. The van der Waals surface area contributed by atoms with E-state index in [1.54, 1.807) is 18.2 Å². The van der Waals surface area contributed by atoms with E-state index in [0.717, 1.165) is 33.5 Å². The number of thiocarbonyl (C=S) groups is 1. The highest BCUT2D eigenvalue weighted by Crippen LogP contribution is 2.27. The summed E-state index contributed by atoms with van der Waals surface area (Å²) in [4.78, 5) is 16.7. The molecule has 2 N–H and O–H groups in total. The highest BCUT2D eigenvalue weighted by Gasteiger charge is 2.11. The van der Waals surface area contributed by atoms with Crippen molar-refractivity contribution in [3.8, 4) is 5.75 Å². The third kappa shape index (κ3) is 6.05. The number of aromatic nitrogens is 1. The number of hydrogen-bond donors (Lipinski definition) is 2. The second-order valence-electron chi connectivity index (χ2n) is 7.78. The zero-order valence-electron chi connectivity index (χ0n) is 18.4. The van der Waals surface area contributed by atoms with E-state index in [4.69, 9.17) is 44.6 Å². The molecule has 4 aromatic rings. The maximum absolute atomic E-state index is 12.1. The number of carbonyl (C=O) groups is 1. The summed E-state index contributed by atoms with van der Waals surface area (Å²) in [5, 5.41) is 6.52. The normalized spacial score (nSPS) is 10.8. The van der Waals surface area contributed by atoms with Gasteiger partial charge in [0.1, 0.15) is 11.3 Å². The topological polar surface area (TPSA) is 76.4 Å². The van der Waals surface area contributed by atoms with Crippen LogP contribution in [0.5, 0.6) is 5.75 Å². The van der Waals surface area contributed by atoms with Crippen molar-refractivity contribution in [2.24, 2.45) is 0 Å². The van der Waals surface area contributed by atoms with E-state index >= 15 is 0 Å². The number of halogens is 2. The van der Waals surface area contributed by atoms with Gasteiger partial charge in [0.25, 0.3) is 5.91 Å². The minimum atomic E-state index is -0.415. The molecule has 0 spiro atoms. The molecule has 34 heavy (non-hydrogen) atoms. The monoisotopic (exact) mass is 513 g/mol. The van der Waals surface area contributed by atoms with Gasteiger partial charge in [0.05, 0.1) is 5.02 Å². The Morgan fingerprint density at radius 2 is 1.85 bits per heavy atom. The number of rotatable bonds is 6. The number of aryl methyl sites for hydroxylation is 2. The van der Waals surface area contributed by atoms with Crippen molar-refractivity contribution in [3.05, 3.63) is 87.2 Å². The van der Waals surface area contributed by atoms with Crippen LogP contribution in [0.15, 0.2) is 59.0 Å². The third-order valence-electron chi connectivity index (χ3n) is 4.94. The fourth-order valence-electron chi connectivity index (χ4n) is 3.44. The highest BCUT2D eigenvalue weighted by molar-refractivity contribution is 7.80. The molecule has 1 amide bonds. The third-order valence-corrected chi connectivity index (χ3v) is 5.67. The number of benzene rings is 3. The predicted molar refractivity (Wildman–Crippen MR) is 139 cm³/mol. The van der Waals surface area contributed by atoms with Crippen molar-refractivity contribution < 1.29 is 13.9 Å². The van der Waals surface area contributed by atoms with Crippen molar-refractivity contribution in [1.82, 2.24) is 10.3 Å². The van der Waals surface area contributed by atoms with E-state index in [2.05, 4.69) is 21.7 Å². The molecule has 0 saturated carbocycles. The second kappa shape index (κ2) is 10.4. The summed E-state index contributed by atoms with van der Waals surface area (Å²) < 4.78 is 11.4. The first-order valence-corrected chi connectivity index (χ1v) is 11.6. The lowest BCUT2D eigenvalue weighted by Crippen LogP contribution is -2.37. The quantitative estimate of drug-likeness (QED) is 0.297. The number of carbonyl (C=O) groups excluding carboxylic acids is 1. The first-order chi connectivity index (χ1) is 16.3. The van der Waals surface area contributed by atoms with Crippen LogP contribution in [0, 0.1) is 13.8 Å². The molecule has 6 nitrogen and oxygen atoms in total. The molecule has 4 rings (SSSR count). The molecule has 0 aliphatic carbocycles. The molecule has 0 fully saturated rings.